The summed E-state index contributed by atoms with van der Waals surface area (Å²) in [4.78, 5) is 7.20. The van der Waals surface area contributed by atoms with Crippen molar-refractivity contribution < 1.29 is 13.2 Å². The highest BCUT2D eigenvalue weighted by molar-refractivity contribution is 7.89. The molecule has 0 spiro atoms. The number of aryl methyl sites for hydroxylation is 1. The third kappa shape index (κ3) is 3.58. The van der Waals surface area contributed by atoms with Gasteiger partial charge in [0.1, 0.15) is 0 Å². The Morgan fingerprint density at radius 1 is 1.14 bits per heavy atom. The van der Waals surface area contributed by atoms with Crippen LogP contribution in [0, 0.1) is 13.8 Å². The number of morpholine rings is 1. The molecule has 1 saturated heterocycles. The van der Waals surface area contributed by atoms with Gasteiger partial charge >= 0.3 is 0 Å². The van der Waals surface area contributed by atoms with Crippen LogP contribution in [0.3, 0.4) is 0 Å². The van der Waals surface area contributed by atoms with E-state index in [1.54, 1.807) is 23.5 Å². The monoisotopic (exact) mass is 418 g/mol. The lowest BCUT2D eigenvalue weighted by atomic mass is 10.2. The number of thiazole rings is 1. The van der Waals surface area contributed by atoms with Crippen molar-refractivity contribution >= 4 is 26.5 Å². The summed E-state index contributed by atoms with van der Waals surface area (Å²) in [5.74, 6) is 0. The van der Waals surface area contributed by atoms with Gasteiger partial charge in [-0.3, -0.25) is 0 Å². The molecule has 0 unspecified atom stereocenters. The van der Waals surface area contributed by atoms with Crippen LogP contribution in [0.1, 0.15) is 11.4 Å². The van der Waals surface area contributed by atoms with E-state index < -0.39 is 10.0 Å². The standard InChI is InChI=1S/C19H22N4O3S2/c1-13-11-17(18-12-27-19(21-18)22-7-9-26-10-8-22)14(2)23(13)15-3-5-16(6-4-15)28(20,24)25/h3-6,11-12H,7-10H2,1-2H3,(H2,20,24,25). The summed E-state index contributed by atoms with van der Waals surface area (Å²) in [5.41, 5.74) is 5.02. The van der Waals surface area contributed by atoms with Crippen LogP contribution in [-0.4, -0.2) is 44.3 Å². The maximum Gasteiger partial charge on any atom is 0.238 e. The maximum atomic E-state index is 11.5. The topological polar surface area (TPSA) is 90.4 Å². The van der Waals surface area contributed by atoms with Crippen LogP contribution in [0.4, 0.5) is 5.13 Å². The molecular weight excluding hydrogens is 396 g/mol. The Balaban J connectivity index is 1.67. The molecule has 2 aromatic heterocycles. The van der Waals surface area contributed by atoms with E-state index in [1.165, 1.54) is 12.1 Å². The molecule has 2 N–H and O–H groups in total. The van der Waals surface area contributed by atoms with Crippen molar-refractivity contribution in [2.75, 3.05) is 31.2 Å². The van der Waals surface area contributed by atoms with E-state index in [9.17, 15) is 8.42 Å². The SMILES string of the molecule is Cc1cc(-c2csc(N3CCOCC3)n2)c(C)n1-c1ccc(S(N)(=O)=O)cc1. The molecule has 1 aliphatic rings. The van der Waals surface area contributed by atoms with Crippen molar-refractivity contribution in [3.63, 3.8) is 0 Å². The normalized spacial score (nSPS) is 15.2. The fourth-order valence-electron chi connectivity index (χ4n) is 3.49. The number of hydrogen-bond acceptors (Lipinski definition) is 6. The van der Waals surface area contributed by atoms with Crippen molar-refractivity contribution in [3.8, 4) is 16.9 Å². The van der Waals surface area contributed by atoms with Crippen molar-refractivity contribution in [1.29, 1.82) is 0 Å². The van der Waals surface area contributed by atoms with E-state index in [0.29, 0.717) is 0 Å². The fourth-order valence-corrected chi connectivity index (χ4v) is 4.89. The zero-order valence-corrected chi connectivity index (χ0v) is 17.4. The predicted octanol–water partition coefficient (Wildman–Crippen LogP) is 2.70. The van der Waals surface area contributed by atoms with E-state index in [0.717, 1.165) is 59.8 Å². The van der Waals surface area contributed by atoms with Gasteiger partial charge in [-0.25, -0.2) is 18.5 Å². The summed E-state index contributed by atoms with van der Waals surface area (Å²) in [6.45, 7) is 7.27. The lowest BCUT2D eigenvalue weighted by molar-refractivity contribution is 0.122. The van der Waals surface area contributed by atoms with Gasteiger partial charge in [0, 0.05) is 41.1 Å². The first-order chi connectivity index (χ1) is 13.3. The van der Waals surface area contributed by atoms with E-state index in [1.807, 2.05) is 13.8 Å². The zero-order valence-electron chi connectivity index (χ0n) is 15.8. The molecule has 0 atom stereocenters. The van der Waals surface area contributed by atoms with Crippen LogP contribution >= 0.6 is 11.3 Å². The summed E-state index contributed by atoms with van der Waals surface area (Å²) in [7, 11) is -3.70. The summed E-state index contributed by atoms with van der Waals surface area (Å²) < 4.78 is 30.5. The molecule has 0 amide bonds. The summed E-state index contributed by atoms with van der Waals surface area (Å²) in [6, 6.07) is 8.71. The van der Waals surface area contributed by atoms with Crippen LogP contribution in [-0.2, 0) is 14.8 Å². The first-order valence-corrected chi connectivity index (χ1v) is 11.4. The Labute approximate surface area is 168 Å². The molecule has 7 nitrogen and oxygen atoms in total. The number of anilines is 1. The van der Waals surface area contributed by atoms with Crippen LogP contribution in [0.2, 0.25) is 0 Å². The van der Waals surface area contributed by atoms with Gasteiger partial charge in [-0.15, -0.1) is 11.3 Å². The second-order valence-electron chi connectivity index (χ2n) is 6.77. The third-order valence-electron chi connectivity index (χ3n) is 4.90. The second kappa shape index (κ2) is 7.32. The molecule has 3 heterocycles. The van der Waals surface area contributed by atoms with Gasteiger partial charge in [0.15, 0.2) is 5.13 Å². The van der Waals surface area contributed by atoms with Gasteiger partial charge in [0.2, 0.25) is 10.0 Å². The molecule has 1 aliphatic heterocycles. The second-order valence-corrected chi connectivity index (χ2v) is 9.17. The highest BCUT2D eigenvalue weighted by Crippen LogP contribution is 2.33. The number of aromatic nitrogens is 2. The first kappa shape index (κ1) is 19.1. The molecule has 0 radical (unpaired) electrons. The van der Waals surface area contributed by atoms with Crippen molar-refractivity contribution in [3.05, 3.63) is 47.1 Å². The van der Waals surface area contributed by atoms with Crippen molar-refractivity contribution in [2.24, 2.45) is 5.14 Å². The Morgan fingerprint density at radius 3 is 2.46 bits per heavy atom. The minimum Gasteiger partial charge on any atom is -0.378 e. The average Bonchev–Trinajstić information content (AvgIpc) is 3.27. The minimum absolute atomic E-state index is 0.105. The van der Waals surface area contributed by atoms with Crippen LogP contribution in [0.5, 0.6) is 0 Å². The lowest BCUT2D eigenvalue weighted by Crippen LogP contribution is -2.36. The number of rotatable bonds is 4. The van der Waals surface area contributed by atoms with Gasteiger partial charge in [-0.05, 0) is 44.2 Å². The van der Waals surface area contributed by atoms with Crippen molar-refractivity contribution in [1.82, 2.24) is 9.55 Å². The number of nitrogens with two attached hydrogens (primary N) is 1. The summed E-state index contributed by atoms with van der Waals surface area (Å²) >= 11 is 1.64. The minimum atomic E-state index is -3.70. The molecule has 28 heavy (non-hydrogen) atoms. The fraction of sp³-hybridized carbons (Fsp3) is 0.316. The number of sulfonamides is 1. The zero-order chi connectivity index (χ0) is 19.9. The van der Waals surface area contributed by atoms with Crippen LogP contribution in [0.15, 0.2) is 40.6 Å². The molecule has 1 aromatic carbocycles. The van der Waals surface area contributed by atoms with Crippen molar-refractivity contribution in [2.45, 2.75) is 18.7 Å². The number of ether oxygens (including phenoxy) is 1. The number of primary sulfonamides is 1. The van der Waals surface area contributed by atoms with E-state index in [-0.39, 0.29) is 4.90 Å². The Kier molecular flexibility index (Phi) is 5.00. The van der Waals surface area contributed by atoms with E-state index in [2.05, 4.69) is 20.9 Å². The average molecular weight is 419 g/mol. The molecule has 0 bridgehead atoms. The highest BCUT2D eigenvalue weighted by Gasteiger charge is 2.19. The van der Waals surface area contributed by atoms with Crippen LogP contribution < -0.4 is 10.0 Å². The molecule has 4 rings (SSSR count). The molecule has 148 valence electrons. The van der Waals surface area contributed by atoms with E-state index in [4.69, 9.17) is 14.9 Å². The van der Waals surface area contributed by atoms with Crippen LogP contribution in [0.25, 0.3) is 16.9 Å². The van der Waals surface area contributed by atoms with Gasteiger partial charge < -0.3 is 14.2 Å². The van der Waals surface area contributed by atoms with Gasteiger partial charge in [-0.2, -0.15) is 0 Å². The highest BCUT2D eigenvalue weighted by atomic mass is 32.2. The molecule has 0 aliphatic carbocycles. The van der Waals surface area contributed by atoms with E-state index >= 15 is 0 Å². The Hall–Kier alpha value is -2.20. The lowest BCUT2D eigenvalue weighted by Gasteiger charge is -2.26. The summed E-state index contributed by atoms with van der Waals surface area (Å²) in [6.07, 6.45) is 0. The smallest absolute Gasteiger partial charge is 0.238 e. The summed E-state index contributed by atoms with van der Waals surface area (Å²) in [5, 5.41) is 8.29. The quantitative estimate of drug-likeness (QED) is 0.704. The first-order valence-electron chi connectivity index (χ1n) is 8.95. The number of benzene rings is 1. The third-order valence-corrected chi connectivity index (χ3v) is 6.73. The Bertz CT molecular complexity index is 1090. The van der Waals surface area contributed by atoms with Gasteiger partial charge in [0.05, 0.1) is 23.8 Å². The van der Waals surface area contributed by atoms with Gasteiger partial charge in [0.25, 0.3) is 0 Å². The largest absolute Gasteiger partial charge is 0.378 e. The molecule has 9 heteroatoms. The van der Waals surface area contributed by atoms with Gasteiger partial charge in [-0.1, -0.05) is 0 Å². The molecule has 0 saturated carbocycles. The number of nitrogens with zero attached hydrogens (tertiary/aromatic N) is 3. The molecule has 3 aromatic rings. The molecule has 1 fully saturated rings. The maximum absolute atomic E-state index is 11.5. The number of hydrogen-bond donors (Lipinski definition) is 1. The molecular formula is C19H22N4O3S2. The predicted molar refractivity (Wildman–Crippen MR) is 111 cm³/mol. The Morgan fingerprint density at radius 2 is 1.82 bits per heavy atom.